The molecule has 0 amide bonds. The summed E-state index contributed by atoms with van der Waals surface area (Å²) in [5.41, 5.74) is 0. The van der Waals surface area contributed by atoms with E-state index in [1.807, 2.05) is 28.1 Å². The lowest BCUT2D eigenvalue weighted by Gasteiger charge is -2.29. The number of carbonyl (C=O) groups excluding carboxylic acids is 2. The lowest BCUT2D eigenvalue weighted by molar-refractivity contribution is -0.873. The first-order valence-electron chi connectivity index (χ1n) is 5.86. The molecule has 0 aromatic heterocycles. The van der Waals surface area contributed by atoms with Crippen molar-refractivity contribution in [2.75, 3.05) is 27.7 Å². The number of nitrogens with zero attached hydrogens (tertiary/aromatic N) is 1. The number of hydrogen-bond donors (Lipinski definition) is 0. The topological polar surface area (TPSA) is 66.4 Å². The number of carboxylic acid groups (broad SMARTS) is 1. The van der Waals surface area contributed by atoms with E-state index in [0.717, 1.165) is 0 Å². The molecule has 0 rings (SSSR count). The first-order valence-corrected chi connectivity index (χ1v) is 5.86. The molecule has 0 N–H and O–H groups in total. The van der Waals surface area contributed by atoms with Crippen LogP contribution in [0, 0.1) is 5.92 Å². The minimum Gasteiger partial charge on any atom is -0.550 e. The lowest BCUT2D eigenvalue weighted by atomic mass is 10.1. The van der Waals surface area contributed by atoms with Crippen LogP contribution in [0.15, 0.2) is 0 Å². The Kier molecular flexibility index (Phi) is 6.16. The predicted octanol–water partition coefficient (Wildman–Crippen LogP) is -0.209. The minimum absolute atomic E-state index is 0.202. The van der Waals surface area contributed by atoms with Gasteiger partial charge in [0.1, 0.15) is 6.54 Å². The van der Waals surface area contributed by atoms with E-state index in [0.29, 0.717) is 17.4 Å². The zero-order valence-corrected chi connectivity index (χ0v) is 11.4. The fourth-order valence-corrected chi connectivity index (χ4v) is 1.39. The molecule has 0 aromatic carbocycles. The molecule has 0 aliphatic heterocycles. The quantitative estimate of drug-likeness (QED) is 0.460. The van der Waals surface area contributed by atoms with Gasteiger partial charge in [-0.05, 0) is 6.42 Å². The third-order valence-corrected chi connectivity index (χ3v) is 2.44. The van der Waals surface area contributed by atoms with Gasteiger partial charge in [0.15, 0.2) is 6.10 Å². The molecule has 2 atom stereocenters. The molecule has 0 aromatic rings. The van der Waals surface area contributed by atoms with Crippen LogP contribution in [0.3, 0.4) is 0 Å². The number of esters is 1. The Balaban J connectivity index is 4.48. The van der Waals surface area contributed by atoms with Crippen LogP contribution in [0.25, 0.3) is 0 Å². The average Bonchev–Trinajstić information content (AvgIpc) is 2.12. The first kappa shape index (κ1) is 15.9. The monoisotopic (exact) mass is 245 g/mol. The molecule has 0 aliphatic carbocycles. The Morgan fingerprint density at radius 2 is 1.82 bits per heavy atom. The van der Waals surface area contributed by atoms with Gasteiger partial charge < -0.3 is 19.1 Å². The van der Waals surface area contributed by atoms with Crippen molar-refractivity contribution < 1.29 is 23.9 Å². The van der Waals surface area contributed by atoms with Crippen molar-refractivity contribution in [3.8, 4) is 0 Å². The van der Waals surface area contributed by atoms with Gasteiger partial charge in [0, 0.05) is 12.4 Å². The summed E-state index contributed by atoms with van der Waals surface area (Å²) in [5.74, 6) is -1.74. The number of aliphatic carboxylic acids is 1. The number of likely N-dealkylation sites (N-methyl/N-ethyl adjacent to an activating group) is 1. The van der Waals surface area contributed by atoms with Crippen LogP contribution in [0.1, 0.15) is 26.7 Å². The molecule has 0 bridgehead atoms. The van der Waals surface area contributed by atoms with Crippen molar-refractivity contribution in [1.82, 2.24) is 0 Å². The maximum Gasteiger partial charge on any atom is 0.309 e. The maximum atomic E-state index is 11.6. The van der Waals surface area contributed by atoms with Gasteiger partial charge in [0.25, 0.3) is 0 Å². The van der Waals surface area contributed by atoms with Crippen LogP contribution >= 0.6 is 0 Å². The van der Waals surface area contributed by atoms with E-state index >= 15 is 0 Å². The number of carbonyl (C=O) groups is 2. The molecule has 0 fully saturated rings. The van der Waals surface area contributed by atoms with Crippen molar-refractivity contribution in [2.24, 2.45) is 5.92 Å². The molecule has 5 heteroatoms. The third-order valence-electron chi connectivity index (χ3n) is 2.44. The van der Waals surface area contributed by atoms with Crippen LogP contribution in [0.4, 0.5) is 0 Å². The number of carboxylic acids is 1. The molecule has 0 unspecified atom stereocenters. The number of rotatable bonds is 7. The van der Waals surface area contributed by atoms with E-state index in [4.69, 9.17) is 4.74 Å². The van der Waals surface area contributed by atoms with E-state index in [1.54, 1.807) is 6.92 Å². The molecule has 0 saturated heterocycles. The molecular weight excluding hydrogens is 222 g/mol. The molecule has 0 heterocycles. The van der Waals surface area contributed by atoms with Gasteiger partial charge in [-0.1, -0.05) is 13.8 Å². The first-order chi connectivity index (χ1) is 7.65. The summed E-state index contributed by atoms with van der Waals surface area (Å²) in [6, 6.07) is 0. The normalized spacial score (nSPS) is 15.1. The molecule has 17 heavy (non-hydrogen) atoms. The number of ether oxygens (including phenoxy) is 1. The van der Waals surface area contributed by atoms with E-state index in [-0.39, 0.29) is 18.3 Å². The van der Waals surface area contributed by atoms with Crippen molar-refractivity contribution in [1.29, 1.82) is 0 Å². The average molecular weight is 245 g/mol. The minimum atomic E-state index is -1.19. The lowest BCUT2D eigenvalue weighted by Crippen LogP contribution is -2.45. The van der Waals surface area contributed by atoms with Crippen molar-refractivity contribution in [2.45, 2.75) is 32.8 Å². The van der Waals surface area contributed by atoms with Gasteiger partial charge in [-0.2, -0.15) is 0 Å². The van der Waals surface area contributed by atoms with Crippen molar-refractivity contribution >= 4 is 11.9 Å². The zero-order valence-electron chi connectivity index (χ0n) is 11.4. The molecule has 100 valence electrons. The van der Waals surface area contributed by atoms with Crippen LogP contribution < -0.4 is 5.11 Å². The SMILES string of the molecule is CC[C@H](C)C(=O)O[C@H](CC(=O)[O-])C[N+](C)(C)C. The van der Waals surface area contributed by atoms with E-state index in [1.165, 1.54) is 0 Å². The molecule has 0 spiro atoms. The molecule has 0 aliphatic rings. The summed E-state index contributed by atoms with van der Waals surface area (Å²) in [4.78, 5) is 22.2. The summed E-state index contributed by atoms with van der Waals surface area (Å²) >= 11 is 0. The molecule has 5 nitrogen and oxygen atoms in total. The highest BCUT2D eigenvalue weighted by atomic mass is 16.5. The summed E-state index contributed by atoms with van der Waals surface area (Å²) in [7, 11) is 5.75. The van der Waals surface area contributed by atoms with Crippen LogP contribution in [-0.2, 0) is 14.3 Å². The highest BCUT2D eigenvalue weighted by molar-refractivity contribution is 5.73. The van der Waals surface area contributed by atoms with Crippen LogP contribution in [0.2, 0.25) is 0 Å². The summed E-state index contributed by atoms with van der Waals surface area (Å²) in [5, 5.41) is 10.6. The highest BCUT2D eigenvalue weighted by Crippen LogP contribution is 2.10. The van der Waals surface area contributed by atoms with E-state index < -0.39 is 12.1 Å². The van der Waals surface area contributed by atoms with Gasteiger partial charge in [0.05, 0.1) is 27.1 Å². The number of quaternary nitrogens is 1. The van der Waals surface area contributed by atoms with Gasteiger partial charge in [0.2, 0.25) is 0 Å². The molecule has 0 radical (unpaired) electrons. The van der Waals surface area contributed by atoms with Crippen LogP contribution in [0.5, 0.6) is 0 Å². The zero-order chi connectivity index (χ0) is 13.6. The van der Waals surface area contributed by atoms with Crippen molar-refractivity contribution in [3.63, 3.8) is 0 Å². The second kappa shape index (κ2) is 6.59. The molecular formula is C12H23NO4. The second-order valence-corrected chi connectivity index (χ2v) is 5.42. The van der Waals surface area contributed by atoms with Gasteiger partial charge in [-0.15, -0.1) is 0 Å². The Morgan fingerprint density at radius 1 is 1.29 bits per heavy atom. The Bertz CT molecular complexity index is 270. The Hall–Kier alpha value is -1.10. The van der Waals surface area contributed by atoms with Crippen molar-refractivity contribution in [3.05, 3.63) is 0 Å². The van der Waals surface area contributed by atoms with Gasteiger partial charge in [-0.25, -0.2) is 0 Å². The smallest absolute Gasteiger partial charge is 0.309 e. The van der Waals surface area contributed by atoms with Crippen LogP contribution in [-0.4, -0.2) is 50.2 Å². The predicted molar refractivity (Wildman–Crippen MR) is 61.9 cm³/mol. The fraction of sp³-hybridized carbons (Fsp3) is 0.833. The largest absolute Gasteiger partial charge is 0.550 e. The second-order valence-electron chi connectivity index (χ2n) is 5.42. The third kappa shape index (κ3) is 7.74. The molecule has 0 saturated carbocycles. The van der Waals surface area contributed by atoms with Gasteiger partial charge in [-0.3, -0.25) is 4.79 Å². The van der Waals surface area contributed by atoms with E-state index in [9.17, 15) is 14.7 Å². The van der Waals surface area contributed by atoms with E-state index in [2.05, 4.69) is 0 Å². The summed E-state index contributed by atoms with van der Waals surface area (Å²) in [6.07, 6.45) is -0.194. The standard InChI is InChI=1S/C12H23NO4/c1-6-9(2)12(16)17-10(7-11(14)15)8-13(3,4)5/h9-10H,6-8H2,1-5H3/t9-,10+/m0/s1. The Labute approximate surface area is 103 Å². The highest BCUT2D eigenvalue weighted by Gasteiger charge is 2.24. The fourth-order valence-electron chi connectivity index (χ4n) is 1.39. The Morgan fingerprint density at radius 3 is 2.18 bits per heavy atom. The summed E-state index contributed by atoms with van der Waals surface area (Å²) < 4.78 is 5.75. The summed E-state index contributed by atoms with van der Waals surface area (Å²) in [6.45, 7) is 4.11. The maximum absolute atomic E-state index is 11.6. The number of hydrogen-bond acceptors (Lipinski definition) is 4. The van der Waals surface area contributed by atoms with Gasteiger partial charge >= 0.3 is 5.97 Å².